The first kappa shape index (κ1) is 11.1. The Balaban J connectivity index is 2.20. The molecule has 2 aliphatic heterocycles. The predicted octanol–water partition coefficient (Wildman–Crippen LogP) is 0.702. The lowest BCUT2D eigenvalue weighted by atomic mass is 9.94. The molecular weight excluding hydrogens is 216 g/mol. The highest BCUT2D eigenvalue weighted by atomic mass is 32.2. The van der Waals surface area contributed by atoms with Gasteiger partial charge in [0, 0.05) is 0 Å². The van der Waals surface area contributed by atoms with Crippen molar-refractivity contribution in [3.8, 4) is 0 Å². The molecule has 2 atom stereocenters. The summed E-state index contributed by atoms with van der Waals surface area (Å²) in [6.07, 6.45) is 3.52. The van der Waals surface area contributed by atoms with E-state index in [9.17, 15) is 13.2 Å². The Morgan fingerprint density at radius 2 is 2.00 bits per heavy atom. The number of rotatable bonds is 1. The molecule has 0 aromatic heterocycles. The molecule has 0 radical (unpaired) electrons. The van der Waals surface area contributed by atoms with Crippen molar-refractivity contribution in [1.82, 2.24) is 0 Å². The van der Waals surface area contributed by atoms with E-state index in [-0.39, 0.29) is 11.5 Å². The van der Waals surface area contributed by atoms with E-state index >= 15 is 0 Å². The summed E-state index contributed by atoms with van der Waals surface area (Å²) in [7, 11) is -2.97. The molecular formula is C10H16O4S. The zero-order valence-corrected chi connectivity index (χ0v) is 9.68. The van der Waals surface area contributed by atoms with Gasteiger partial charge in [-0.15, -0.1) is 0 Å². The van der Waals surface area contributed by atoms with Crippen molar-refractivity contribution >= 4 is 16.1 Å². The number of hydrogen-bond acceptors (Lipinski definition) is 4. The summed E-state index contributed by atoms with van der Waals surface area (Å²) in [6.45, 7) is 1.73. The van der Waals surface area contributed by atoms with Gasteiger partial charge in [0.25, 0.3) is 0 Å². The molecule has 2 heterocycles. The van der Waals surface area contributed by atoms with Crippen molar-refractivity contribution in [2.45, 2.75) is 43.8 Å². The molecule has 86 valence electrons. The van der Waals surface area contributed by atoms with E-state index < -0.39 is 21.0 Å². The quantitative estimate of drug-likeness (QED) is 0.624. The van der Waals surface area contributed by atoms with E-state index in [2.05, 4.69) is 0 Å². The SMILES string of the molecule is CC1(C=O)CCC2(CCCS(=O)(=O)C2)O1. The second-order valence-corrected chi connectivity index (χ2v) is 7.10. The van der Waals surface area contributed by atoms with Gasteiger partial charge in [0.05, 0.1) is 17.1 Å². The van der Waals surface area contributed by atoms with Crippen LogP contribution in [0.2, 0.25) is 0 Å². The maximum atomic E-state index is 11.5. The van der Waals surface area contributed by atoms with Crippen molar-refractivity contribution < 1.29 is 17.9 Å². The minimum atomic E-state index is -2.97. The molecule has 0 bridgehead atoms. The Morgan fingerprint density at radius 1 is 1.27 bits per heavy atom. The molecule has 0 aromatic rings. The summed E-state index contributed by atoms with van der Waals surface area (Å²) in [5, 5.41) is 0. The molecule has 5 heteroatoms. The first-order chi connectivity index (χ1) is 6.89. The first-order valence-electron chi connectivity index (χ1n) is 5.26. The number of hydrogen-bond donors (Lipinski definition) is 0. The van der Waals surface area contributed by atoms with Gasteiger partial charge in [-0.05, 0) is 32.6 Å². The van der Waals surface area contributed by atoms with E-state index in [4.69, 9.17) is 4.74 Å². The third-order valence-corrected chi connectivity index (χ3v) is 5.22. The van der Waals surface area contributed by atoms with E-state index in [1.807, 2.05) is 0 Å². The van der Waals surface area contributed by atoms with Crippen LogP contribution in [0.4, 0.5) is 0 Å². The standard InChI is InChI=1S/C10H16O4S/c1-9(7-11)4-5-10(14-9)3-2-6-15(12,13)8-10/h7H,2-6,8H2,1H3. The van der Waals surface area contributed by atoms with Crippen LogP contribution in [0.15, 0.2) is 0 Å². The number of aldehydes is 1. The maximum absolute atomic E-state index is 11.5. The lowest BCUT2D eigenvalue weighted by Gasteiger charge is -2.34. The lowest BCUT2D eigenvalue weighted by molar-refractivity contribution is -0.136. The molecule has 0 amide bonds. The van der Waals surface area contributed by atoms with Crippen molar-refractivity contribution in [2.75, 3.05) is 11.5 Å². The van der Waals surface area contributed by atoms with Crippen molar-refractivity contribution in [1.29, 1.82) is 0 Å². The summed E-state index contributed by atoms with van der Waals surface area (Å²) >= 11 is 0. The Bertz CT molecular complexity index is 375. The predicted molar refractivity (Wildman–Crippen MR) is 55.4 cm³/mol. The van der Waals surface area contributed by atoms with Gasteiger partial charge in [0.1, 0.15) is 5.60 Å². The largest absolute Gasteiger partial charge is 0.360 e. The number of sulfone groups is 1. The van der Waals surface area contributed by atoms with Crippen LogP contribution < -0.4 is 0 Å². The van der Waals surface area contributed by atoms with Gasteiger partial charge in [0.15, 0.2) is 16.1 Å². The third-order valence-electron chi connectivity index (χ3n) is 3.35. The van der Waals surface area contributed by atoms with Crippen LogP contribution in [-0.4, -0.2) is 37.4 Å². The molecule has 2 fully saturated rings. The topological polar surface area (TPSA) is 60.4 Å². The average molecular weight is 232 g/mol. The van der Waals surface area contributed by atoms with Gasteiger partial charge < -0.3 is 9.53 Å². The van der Waals surface area contributed by atoms with Gasteiger partial charge in [-0.2, -0.15) is 0 Å². The fraction of sp³-hybridized carbons (Fsp3) is 0.900. The van der Waals surface area contributed by atoms with Gasteiger partial charge in [-0.25, -0.2) is 8.42 Å². The molecule has 15 heavy (non-hydrogen) atoms. The molecule has 2 aliphatic rings. The summed E-state index contributed by atoms with van der Waals surface area (Å²) < 4.78 is 28.8. The number of carbonyl (C=O) groups is 1. The highest BCUT2D eigenvalue weighted by Crippen LogP contribution is 2.42. The van der Waals surface area contributed by atoms with E-state index in [0.29, 0.717) is 19.3 Å². The molecule has 4 nitrogen and oxygen atoms in total. The molecule has 2 unspecified atom stereocenters. The number of ether oxygens (including phenoxy) is 1. The Kier molecular flexibility index (Phi) is 2.43. The highest BCUT2D eigenvalue weighted by Gasteiger charge is 2.50. The van der Waals surface area contributed by atoms with Crippen LogP contribution in [-0.2, 0) is 19.4 Å². The molecule has 2 saturated heterocycles. The molecule has 0 N–H and O–H groups in total. The molecule has 0 aliphatic carbocycles. The van der Waals surface area contributed by atoms with Crippen LogP contribution in [0.25, 0.3) is 0 Å². The van der Waals surface area contributed by atoms with Crippen LogP contribution in [0.5, 0.6) is 0 Å². The zero-order valence-electron chi connectivity index (χ0n) is 8.86. The molecule has 0 saturated carbocycles. The maximum Gasteiger partial charge on any atom is 0.153 e. The van der Waals surface area contributed by atoms with Crippen molar-refractivity contribution in [3.05, 3.63) is 0 Å². The monoisotopic (exact) mass is 232 g/mol. The van der Waals surface area contributed by atoms with Gasteiger partial charge in [-0.3, -0.25) is 0 Å². The van der Waals surface area contributed by atoms with Crippen molar-refractivity contribution in [3.63, 3.8) is 0 Å². The zero-order chi connectivity index (χ0) is 11.2. The number of carbonyl (C=O) groups excluding carboxylic acids is 1. The summed E-state index contributed by atoms with van der Waals surface area (Å²) in [6, 6.07) is 0. The normalized spacial score (nSPS) is 44.3. The van der Waals surface area contributed by atoms with Crippen LogP contribution in [0, 0.1) is 0 Å². The van der Waals surface area contributed by atoms with E-state index in [1.54, 1.807) is 6.92 Å². The summed E-state index contributed by atoms with van der Waals surface area (Å²) in [4.78, 5) is 10.8. The summed E-state index contributed by atoms with van der Waals surface area (Å²) in [5.74, 6) is 0.347. The van der Waals surface area contributed by atoms with Gasteiger partial charge >= 0.3 is 0 Å². The van der Waals surface area contributed by atoms with Crippen molar-refractivity contribution in [2.24, 2.45) is 0 Å². The van der Waals surface area contributed by atoms with E-state index in [0.717, 1.165) is 12.7 Å². The molecule has 1 spiro atoms. The summed E-state index contributed by atoms with van der Waals surface area (Å²) in [5.41, 5.74) is -1.35. The van der Waals surface area contributed by atoms with Crippen LogP contribution in [0.3, 0.4) is 0 Å². The van der Waals surface area contributed by atoms with E-state index in [1.165, 1.54) is 0 Å². The minimum absolute atomic E-state index is 0.0867. The van der Waals surface area contributed by atoms with Gasteiger partial charge in [0.2, 0.25) is 0 Å². The van der Waals surface area contributed by atoms with Crippen LogP contribution >= 0.6 is 0 Å². The highest BCUT2D eigenvalue weighted by molar-refractivity contribution is 7.91. The lowest BCUT2D eigenvalue weighted by Crippen LogP contribution is -2.44. The fourth-order valence-electron chi connectivity index (χ4n) is 2.59. The van der Waals surface area contributed by atoms with Gasteiger partial charge in [-0.1, -0.05) is 0 Å². The fourth-order valence-corrected chi connectivity index (χ4v) is 4.47. The Hall–Kier alpha value is -0.420. The Morgan fingerprint density at radius 3 is 2.53 bits per heavy atom. The second kappa shape index (κ2) is 3.28. The first-order valence-corrected chi connectivity index (χ1v) is 7.08. The average Bonchev–Trinajstić information content (AvgIpc) is 2.43. The molecule has 0 aromatic carbocycles. The third kappa shape index (κ3) is 2.08. The minimum Gasteiger partial charge on any atom is -0.360 e. The Labute approximate surface area is 89.9 Å². The smallest absolute Gasteiger partial charge is 0.153 e. The molecule has 2 rings (SSSR count). The van der Waals surface area contributed by atoms with Crippen LogP contribution in [0.1, 0.15) is 32.6 Å². The second-order valence-electron chi connectivity index (χ2n) is 4.91.